The van der Waals surface area contributed by atoms with E-state index in [9.17, 15) is 5.11 Å². The summed E-state index contributed by atoms with van der Waals surface area (Å²) in [6.45, 7) is 0. The summed E-state index contributed by atoms with van der Waals surface area (Å²) in [5, 5.41) is 11.6. The molecule has 3 rings (SSSR count). The van der Waals surface area contributed by atoms with Crippen LogP contribution in [-0.2, 0) is 0 Å². The molecular weight excluding hydrogens is 280 g/mol. The molecule has 0 radical (unpaired) electrons. The predicted molar refractivity (Wildman–Crippen MR) is 88.4 cm³/mol. The van der Waals surface area contributed by atoms with Crippen molar-refractivity contribution in [3.63, 3.8) is 0 Å². The predicted octanol–water partition coefficient (Wildman–Crippen LogP) is 5.62. The summed E-state index contributed by atoms with van der Waals surface area (Å²) >= 11 is 5.97. The standard InChI is InChI=1S/C19H21ClO/c20-16-12-10-14(11-13-16)17-8-4-5-9-18(17)19(21)15-6-2-1-3-7-15/h4-5,8-13,15,19,21H,1-3,6-7H2. The molecule has 2 heteroatoms. The molecule has 2 aromatic rings. The fourth-order valence-electron chi connectivity index (χ4n) is 3.35. The highest BCUT2D eigenvalue weighted by Crippen LogP contribution is 2.38. The van der Waals surface area contributed by atoms with Gasteiger partial charge in [-0.2, -0.15) is 0 Å². The van der Waals surface area contributed by atoms with E-state index >= 15 is 0 Å². The highest BCUT2D eigenvalue weighted by molar-refractivity contribution is 6.30. The number of hydrogen-bond acceptors (Lipinski definition) is 1. The molecule has 0 saturated heterocycles. The number of aliphatic hydroxyl groups is 1. The average molecular weight is 301 g/mol. The van der Waals surface area contributed by atoms with Crippen LogP contribution >= 0.6 is 11.6 Å². The van der Waals surface area contributed by atoms with E-state index in [1.165, 1.54) is 19.3 Å². The fourth-order valence-corrected chi connectivity index (χ4v) is 3.48. The Kier molecular flexibility index (Phi) is 4.62. The van der Waals surface area contributed by atoms with Gasteiger partial charge in [0, 0.05) is 5.02 Å². The molecule has 0 aromatic heterocycles. The minimum Gasteiger partial charge on any atom is -0.388 e. The minimum atomic E-state index is -0.364. The summed E-state index contributed by atoms with van der Waals surface area (Å²) in [5.41, 5.74) is 3.28. The molecule has 1 aliphatic carbocycles. The van der Waals surface area contributed by atoms with Crippen molar-refractivity contribution in [3.05, 3.63) is 59.1 Å². The van der Waals surface area contributed by atoms with Gasteiger partial charge in [0.05, 0.1) is 6.10 Å². The fraction of sp³-hybridized carbons (Fsp3) is 0.368. The molecule has 21 heavy (non-hydrogen) atoms. The first-order chi connectivity index (χ1) is 10.3. The van der Waals surface area contributed by atoms with Gasteiger partial charge in [0.25, 0.3) is 0 Å². The van der Waals surface area contributed by atoms with Crippen molar-refractivity contribution < 1.29 is 5.11 Å². The van der Waals surface area contributed by atoms with E-state index < -0.39 is 0 Å². The molecule has 0 bridgehead atoms. The largest absolute Gasteiger partial charge is 0.388 e. The Morgan fingerprint density at radius 3 is 2.29 bits per heavy atom. The molecule has 0 amide bonds. The molecule has 1 unspecified atom stereocenters. The van der Waals surface area contributed by atoms with Crippen LogP contribution in [0.15, 0.2) is 48.5 Å². The Morgan fingerprint density at radius 2 is 1.57 bits per heavy atom. The summed E-state index contributed by atoms with van der Waals surface area (Å²) < 4.78 is 0. The quantitative estimate of drug-likeness (QED) is 0.780. The maximum absolute atomic E-state index is 10.8. The summed E-state index contributed by atoms with van der Waals surface area (Å²) in [6, 6.07) is 16.0. The van der Waals surface area contributed by atoms with Crippen molar-refractivity contribution in [2.24, 2.45) is 5.92 Å². The molecule has 2 aromatic carbocycles. The lowest BCUT2D eigenvalue weighted by Crippen LogP contribution is -2.16. The molecule has 0 spiro atoms. The van der Waals surface area contributed by atoms with Crippen LogP contribution in [0.25, 0.3) is 11.1 Å². The van der Waals surface area contributed by atoms with E-state index in [2.05, 4.69) is 12.1 Å². The molecular formula is C19H21ClO. The first-order valence-electron chi connectivity index (χ1n) is 7.78. The van der Waals surface area contributed by atoms with Gasteiger partial charge in [-0.25, -0.2) is 0 Å². The molecule has 0 aliphatic heterocycles. The molecule has 1 aliphatic rings. The maximum atomic E-state index is 10.8. The Bertz CT molecular complexity index is 585. The van der Waals surface area contributed by atoms with E-state index in [-0.39, 0.29) is 6.10 Å². The van der Waals surface area contributed by atoms with Crippen LogP contribution in [0.2, 0.25) is 5.02 Å². The first kappa shape index (κ1) is 14.6. The topological polar surface area (TPSA) is 20.2 Å². The Labute approximate surface area is 131 Å². The van der Waals surface area contributed by atoms with Crippen LogP contribution in [0.1, 0.15) is 43.8 Å². The Hall–Kier alpha value is -1.31. The molecule has 1 atom stereocenters. The number of benzene rings is 2. The third-order valence-corrected chi connectivity index (χ3v) is 4.78. The number of hydrogen-bond donors (Lipinski definition) is 1. The van der Waals surface area contributed by atoms with Gasteiger partial charge < -0.3 is 5.11 Å². The molecule has 110 valence electrons. The Balaban J connectivity index is 1.93. The van der Waals surface area contributed by atoms with Gasteiger partial charge in [-0.1, -0.05) is 67.3 Å². The number of halogens is 1. The van der Waals surface area contributed by atoms with Crippen molar-refractivity contribution in [1.29, 1.82) is 0 Å². The van der Waals surface area contributed by atoms with E-state index in [1.807, 2.05) is 36.4 Å². The van der Waals surface area contributed by atoms with Crippen molar-refractivity contribution in [1.82, 2.24) is 0 Å². The summed E-state index contributed by atoms with van der Waals surface area (Å²) in [6.07, 6.45) is 5.70. The smallest absolute Gasteiger partial charge is 0.0824 e. The SMILES string of the molecule is OC(c1ccccc1-c1ccc(Cl)cc1)C1CCCCC1. The van der Waals surface area contributed by atoms with Crippen LogP contribution in [0.3, 0.4) is 0 Å². The summed E-state index contributed by atoms with van der Waals surface area (Å²) in [5.74, 6) is 0.396. The zero-order chi connectivity index (χ0) is 14.7. The molecule has 0 heterocycles. The second-order valence-electron chi connectivity index (χ2n) is 5.94. The van der Waals surface area contributed by atoms with Crippen LogP contribution in [-0.4, -0.2) is 5.11 Å². The van der Waals surface area contributed by atoms with Gasteiger partial charge in [-0.15, -0.1) is 0 Å². The van der Waals surface area contributed by atoms with Gasteiger partial charge in [0.15, 0.2) is 0 Å². The van der Waals surface area contributed by atoms with Crippen LogP contribution in [0.5, 0.6) is 0 Å². The third-order valence-electron chi connectivity index (χ3n) is 4.53. The van der Waals surface area contributed by atoms with Crippen molar-refractivity contribution in [2.45, 2.75) is 38.2 Å². The van der Waals surface area contributed by atoms with Crippen molar-refractivity contribution in [2.75, 3.05) is 0 Å². The van der Waals surface area contributed by atoms with E-state index in [1.54, 1.807) is 0 Å². The highest BCUT2D eigenvalue weighted by Gasteiger charge is 2.24. The van der Waals surface area contributed by atoms with E-state index in [0.717, 1.165) is 34.6 Å². The molecule has 1 nitrogen and oxygen atoms in total. The molecule has 1 saturated carbocycles. The van der Waals surface area contributed by atoms with Gasteiger partial charge in [0.1, 0.15) is 0 Å². The lowest BCUT2D eigenvalue weighted by molar-refractivity contribution is 0.0853. The van der Waals surface area contributed by atoms with Gasteiger partial charge in [0.2, 0.25) is 0 Å². The molecule has 1 fully saturated rings. The normalized spacial score (nSPS) is 17.6. The maximum Gasteiger partial charge on any atom is 0.0824 e. The zero-order valence-corrected chi connectivity index (χ0v) is 12.9. The summed E-state index contributed by atoms with van der Waals surface area (Å²) in [4.78, 5) is 0. The monoisotopic (exact) mass is 300 g/mol. The van der Waals surface area contributed by atoms with E-state index in [0.29, 0.717) is 5.92 Å². The van der Waals surface area contributed by atoms with E-state index in [4.69, 9.17) is 11.6 Å². The highest BCUT2D eigenvalue weighted by atomic mass is 35.5. The second kappa shape index (κ2) is 6.64. The third kappa shape index (κ3) is 3.30. The van der Waals surface area contributed by atoms with Crippen LogP contribution in [0, 0.1) is 5.92 Å². The second-order valence-corrected chi connectivity index (χ2v) is 6.37. The van der Waals surface area contributed by atoms with Crippen LogP contribution < -0.4 is 0 Å². The Morgan fingerprint density at radius 1 is 0.905 bits per heavy atom. The van der Waals surface area contributed by atoms with Gasteiger partial charge in [-0.05, 0) is 47.6 Å². The number of aliphatic hydroxyl groups excluding tert-OH is 1. The zero-order valence-electron chi connectivity index (χ0n) is 12.1. The lowest BCUT2D eigenvalue weighted by atomic mass is 9.81. The average Bonchev–Trinajstić information content (AvgIpc) is 2.56. The van der Waals surface area contributed by atoms with Gasteiger partial charge in [-0.3, -0.25) is 0 Å². The number of rotatable bonds is 3. The minimum absolute atomic E-state index is 0.364. The first-order valence-corrected chi connectivity index (χ1v) is 8.16. The van der Waals surface area contributed by atoms with Crippen molar-refractivity contribution in [3.8, 4) is 11.1 Å². The van der Waals surface area contributed by atoms with Crippen LogP contribution in [0.4, 0.5) is 0 Å². The summed E-state index contributed by atoms with van der Waals surface area (Å²) in [7, 11) is 0. The lowest BCUT2D eigenvalue weighted by Gasteiger charge is -2.28. The van der Waals surface area contributed by atoms with Gasteiger partial charge >= 0.3 is 0 Å². The molecule has 1 N–H and O–H groups in total. The van der Waals surface area contributed by atoms with Crippen molar-refractivity contribution >= 4 is 11.6 Å².